The zero-order valence-electron chi connectivity index (χ0n) is 10.4. The van der Waals surface area contributed by atoms with Gasteiger partial charge in [-0.25, -0.2) is 5.43 Å². The smallest absolute Gasteiger partial charge is 0.242 e. The van der Waals surface area contributed by atoms with Crippen LogP contribution in [0.25, 0.3) is 0 Å². The Hall–Kier alpha value is -1.64. The molecular weight excluding hydrogens is 212 g/mol. The molecule has 17 heavy (non-hydrogen) atoms. The highest BCUT2D eigenvalue weighted by atomic mass is 16.2. The first-order chi connectivity index (χ1) is 8.22. The number of hydrazone groups is 1. The van der Waals surface area contributed by atoms with E-state index in [0.717, 1.165) is 25.0 Å². The molecule has 2 rings (SSSR count). The molecule has 90 valence electrons. The molecule has 3 heteroatoms. The predicted octanol–water partition coefficient (Wildman–Crippen LogP) is 2.50. The number of hydrogen-bond acceptors (Lipinski definition) is 2. The Morgan fingerprint density at radius 2 is 2.18 bits per heavy atom. The van der Waals surface area contributed by atoms with Gasteiger partial charge in [-0.1, -0.05) is 38.1 Å². The van der Waals surface area contributed by atoms with E-state index in [1.807, 2.05) is 26.0 Å². The summed E-state index contributed by atoms with van der Waals surface area (Å²) in [6.45, 7) is 3.92. The van der Waals surface area contributed by atoms with E-state index in [0.29, 0.717) is 0 Å². The molecule has 1 unspecified atom stereocenters. The summed E-state index contributed by atoms with van der Waals surface area (Å²) < 4.78 is 0. The highest BCUT2D eigenvalue weighted by Crippen LogP contribution is 2.21. The Morgan fingerprint density at radius 3 is 2.94 bits per heavy atom. The summed E-state index contributed by atoms with van der Waals surface area (Å²) in [7, 11) is 0. The number of carbonyl (C=O) groups is 1. The number of nitrogens with zero attached hydrogens (tertiary/aromatic N) is 1. The minimum absolute atomic E-state index is 0.00406. The molecule has 0 fully saturated rings. The minimum Gasteiger partial charge on any atom is -0.273 e. The maximum Gasteiger partial charge on any atom is 0.242 e. The Balaban J connectivity index is 2.08. The van der Waals surface area contributed by atoms with E-state index in [9.17, 15) is 4.79 Å². The molecular formula is C14H18N2O. The predicted molar refractivity (Wildman–Crippen MR) is 68.9 cm³/mol. The van der Waals surface area contributed by atoms with Crippen molar-refractivity contribution in [3.63, 3.8) is 0 Å². The molecule has 0 saturated carbocycles. The molecule has 0 aliphatic heterocycles. The molecule has 0 bridgehead atoms. The van der Waals surface area contributed by atoms with Crippen molar-refractivity contribution in [3.8, 4) is 0 Å². The van der Waals surface area contributed by atoms with Crippen molar-refractivity contribution in [1.29, 1.82) is 0 Å². The van der Waals surface area contributed by atoms with E-state index in [1.165, 1.54) is 11.1 Å². The molecule has 0 saturated heterocycles. The highest BCUT2D eigenvalue weighted by molar-refractivity contribution is 6.04. The Labute approximate surface area is 102 Å². The summed E-state index contributed by atoms with van der Waals surface area (Å²) in [5.74, 6) is 0.0281. The van der Waals surface area contributed by atoms with Crippen LogP contribution in [0.4, 0.5) is 0 Å². The lowest BCUT2D eigenvalue weighted by molar-refractivity contribution is -0.124. The SMILES string of the molecule is CCC(C)C(=O)N/N=C1/CCc2ccccc21. The standard InChI is InChI=1S/C14H18N2O/c1-3-10(2)14(17)16-15-13-9-8-11-6-4-5-7-12(11)13/h4-7,10H,3,8-9H2,1-2H3,(H,16,17)/b15-13-. The molecule has 1 atom stereocenters. The van der Waals surface area contributed by atoms with Gasteiger partial charge >= 0.3 is 0 Å². The summed E-state index contributed by atoms with van der Waals surface area (Å²) in [5.41, 5.74) is 6.16. The van der Waals surface area contributed by atoms with E-state index in [4.69, 9.17) is 0 Å². The van der Waals surface area contributed by atoms with Gasteiger partial charge in [0, 0.05) is 11.5 Å². The van der Waals surface area contributed by atoms with Crippen LogP contribution in [-0.2, 0) is 11.2 Å². The Kier molecular flexibility index (Phi) is 3.57. The van der Waals surface area contributed by atoms with Gasteiger partial charge in [0.1, 0.15) is 0 Å². The van der Waals surface area contributed by atoms with Crippen LogP contribution in [0.2, 0.25) is 0 Å². The molecule has 0 radical (unpaired) electrons. The number of benzene rings is 1. The van der Waals surface area contributed by atoms with Crippen molar-refractivity contribution in [2.75, 3.05) is 0 Å². The van der Waals surface area contributed by atoms with E-state index >= 15 is 0 Å². The zero-order valence-corrected chi connectivity index (χ0v) is 10.4. The van der Waals surface area contributed by atoms with Gasteiger partial charge < -0.3 is 0 Å². The molecule has 1 aliphatic carbocycles. The van der Waals surface area contributed by atoms with Gasteiger partial charge in [-0.15, -0.1) is 0 Å². The maximum atomic E-state index is 11.6. The molecule has 3 nitrogen and oxygen atoms in total. The lowest BCUT2D eigenvalue weighted by atomic mass is 10.1. The summed E-state index contributed by atoms with van der Waals surface area (Å²) in [6.07, 6.45) is 2.78. The first kappa shape index (κ1) is 11.8. The van der Waals surface area contributed by atoms with Crippen molar-refractivity contribution in [2.45, 2.75) is 33.1 Å². The third-order valence-electron chi connectivity index (χ3n) is 3.32. The molecule has 1 aromatic carbocycles. The van der Waals surface area contributed by atoms with Gasteiger partial charge in [-0.05, 0) is 24.8 Å². The number of carbonyl (C=O) groups excluding carboxylic acids is 1. The normalized spacial score (nSPS) is 17.9. The number of aryl methyl sites for hydroxylation is 1. The number of nitrogens with one attached hydrogen (secondary N) is 1. The number of amides is 1. The van der Waals surface area contributed by atoms with Crippen molar-refractivity contribution < 1.29 is 4.79 Å². The zero-order chi connectivity index (χ0) is 12.3. The number of hydrogen-bond donors (Lipinski definition) is 1. The minimum atomic E-state index is 0.00406. The van der Waals surface area contributed by atoms with Crippen LogP contribution in [0.1, 0.15) is 37.8 Å². The molecule has 0 heterocycles. The summed E-state index contributed by atoms with van der Waals surface area (Å²) in [5, 5.41) is 4.25. The average Bonchev–Trinajstić information content (AvgIpc) is 2.78. The summed E-state index contributed by atoms with van der Waals surface area (Å²) in [6, 6.07) is 8.24. The Morgan fingerprint density at radius 1 is 1.41 bits per heavy atom. The van der Waals surface area contributed by atoms with E-state index in [2.05, 4.69) is 22.7 Å². The van der Waals surface area contributed by atoms with E-state index in [-0.39, 0.29) is 11.8 Å². The summed E-state index contributed by atoms with van der Waals surface area (Å²) in [4.78, 5) is 11.6. The second kappa shape index (κ2) is 5.13. The average molecular weight is 230 g/mol. The van der Waals surface area contributed by atoms with E-state index < -0.39 is 0 Å². The topological polar surface area (TPSA) is 41.5 Å². The number of fused-ring (bicyclic) bond motifs is 1. The van der Waals surface area contributed by atoms with Crippen LogP contribution in [0.15, 0.2) is 29.4 Å². The first-order valence-electron chi connectivity index (χ1n) is 6.17. The van der Waals surface area contributed by atoms with Crippen molar-refractivity contribution in [2.24, 2.45) is 11.0 Å². The van der Waals surface area contributed by atoms with Gasteiger partial charge in [0.25, 0.3) is 0 Å². The van der Waals surface area contributed by atoms with E-state index in [1.54, 1.807) is 0 Å². The second-order valence-corrected chi connectivity index (χ2v) is 4.50. The van der Waals surface area contributed by atoms with Gasteiger partial charge in [-0.3, -0.25) is 4.79 Å². The van der Waals surface area contributed by atoms with Crippen LogP contribution in [-0.4, -0.2) is 11.6 Å². The molecule has 1 N–H and O–H groups in total. The third kappa shape index (κ3) is 2.54. The van der Waals surface area contributed by atoms with Gasteiger partial charge in [0.2, 0.25) is 5.91 Å². The number of rotatable bonds is 3. The molecule has 0 aromatic heterocycles. The highest BCUT2D eigenvalue weighted by Gasteiger charge is 2.17. The maximum absolute atomic E-state index is 11.6. The van der Waals surface area contributed by atoms with Crippen LogP contribution in [0.3, 0.4) is 0 Å². The van der Waals surface area contributed by atoms with Crippen molar-refractivity contribution in [1.82, 2.24) is 5.43 Å². The Bertz CT molecular complexity index is 451. The van der Waals surface area contributed by atoms with Crippen LogP contribution in [0.5, 0.6) is 0 Å². The second-order valence-electron chi connectivity index (χ2n) is 4.50. The molecule has 0 spiro atoms. The van der Waals surface area contributed by atoms with Gasteiger partial charge in [0.15, 0.2) is 0 Å². The van der Waals surface area contributed by atoms with Crippen molar-refractivity contribution >= 4 is 11.6 Å². The molecule has 1 amide bonds. The van der Waals surface area contributed by atoms with Crippen LogP contribution in [0, 0.1) is 5.92 Å². The lowest BCUT2D eigenvalue weighted by Gasteiger charge is -2.06. The molecule has 1 aliphatic rings. The third-order valence-corrected chi connectivity index (χ3v) is 3.32. The fraction of sp³-hybridized carbons (Fsp3) is 0.429. The quantitative estimate of drug-likeness (QED) is 0.796. The first-order valence-corrected chi connectivity index (χ1v) is 6.17. The van der Waals surface area contributed by atoms with Gasteiger partial charge in [-0.2, -0.15) is 5.10 Å². The monoisotopic (exact) mass is 230 g/mol. The van der Waals surface area contributed by atoms with Crippen LogP contribution >= 0.6 is 0 Å². The van der Waals surface area contributed by atoms with Crippen molar-refractivity contribution in [3.05, 3.63) is 35.4 Å². The fourth-order valence-electron chi connectivity index (χ4n) is 1.94. The molecule has 1 aromatic rings. The largest absolute Gasteiger partial charge is 0.273 e. The summed E-state index contributed by atoms with van der Waals surface area (Å²) >= 11 is 0. The van der Waals surface area contributed by atoms with Crippen LogP contribution < -0.4 is 5.43 Å². The van der Waals surface area contributed by atoms with Gasteiger partial charge in [0.05, 0.1) is 5.71 Å². The fourth-order valence-corrected chi connectivity index (χ4v) is 1.94. The lowest BCUT2D eigenvalue weighted by Crippen LogP contribution is -2.25.